The van der Waals surface area contributed by atoms with Crippen molar-refractivity contribution in [1.82, 2.24) is 5.32 Å². The normalized spacial score (nSPS) is 15.9. The minimum Gasteiger partial charge on any atom is -0.496 e. The number of nitriles is 1. The Bertz CT molecular complexity index is 663. The lowest BCUT2D eigenvalue weighted by molar-refractivity contribution is -0.125. The van der Waals surface area contributed by atoms with Crippen LogP contribution >= 0.6 is 15.9 Å². The highest BCUT2D eigenvalue weighted by atomic mass is 79.9. The fraction of sp³-hybridized carbons (Fsp3) is 0.471. The van der Waals surface area contributed by atoms with E-state index in [0.29, 0.717) is 28.6 Å². The molecule has 1 N–H and O–H groups in total. The highest BCUT2D eigenvalue weighted by molar-refractivity contribution is 9.10. The van der Waals surface area contributed by atoms with Gasteiger partial charge in [-0.05, 0) is 47.0 Å². The first-order valence-corrected chi connectivity index (χ1v) is 8.52. The van der Waals surface area contributed by atoms with Gasteiger partial charge in [0.05, 0.1) is 23.2 Å². The third kappa shape index (κ3) is 4.48. The molecule has 2 rings (SSSR count). The first kappa shape index (κ1) is 18.3. The van der Waals surface area contributed by atoms with Crippen LogP contribution in [-0.4, -0.2) is 31.1 Å². The fourth-order valence-electron chi connectivity index (χ4n) is 2.73. The molecule has 0 heterocycles. The molecule has 6 nitrogen and oxygen atoms in total. The predicted molar refractivity (Wildman–Crippen MR) is 90.5 cm³/mol. The van der Waals surface area contributed by atoms with Gasteiger partial charge in [-0.15, -0.1) is 0 Å². The largest absolute Gasteiger partial charge is 0.496 e. The second kappa shape index (κ2) is 8.15. The molecule has 1 aromatic carbocycles. The van der Waals surface area contributed by atoms with E-state index in [9.17, 15) is 14.9 Å². The standard InChI is InChI=1S/C17H19BrN2O4/c1-23-14-6-5-12(9-13(14)18)16(22)24-10-15(21)20-17(11-19)7-3-2-4-8-17/h5-6,9H,2-4,7-8,10H2,1H3,(H,20,21). The van der Waals surface area contributed by atoms with E-state index in [1.54, 1.807) is 18.2 Å². The Hall–Kier alpha value is -2.07. The Labute approximate surface area is 149 Å². The average Bonchev–Trinajstić information content (AvgIpc) is 2.60. The number of methoxy groups -OCH3 is 1. The molecule has 0 unspecified atom stereocenters. The summed E-state index contributed by atoms with van der Waals surface area (Å²) in [5.41, 5.74) is -0.520. The number of carbonyl (C=O) groups excluding carboxylic acids is 2. The van der Waals surface area contributed by atoms with Gasteiger partial charge >= 0.3 is 5.97 Å². The number of ether oxygens (including phenoxy) is 2. The zero-order valence-corrected chi connectivity index (χ0v) is 15.0. The van der Waals surface area contributed by atoms with Crippen LogP contribution in [0.4, 0.5) is 0 Å². The molecular formula is C17H19BrN2O4. The molecule has 0 aromatic heterocycles. The summed E-state index contributed by atoms with van der Waals surface area (Å²) in [7, 11) is 1.53. The predicted octanol–water partition coefficient (Wildman–Crippen LogP) is 2.96. The lowest BCUT2D eigenvalue weighted by atomic mass is 9.83. The van der Waals surface area contributed by atoms with E-state index in [0.717, 1.165) is 19.3 Å². The molecule has 7 heteroatoms. The first-order valence-electron chi connectivity index (χ1n) is 7.72. The number of hydrogen-bond acceptors (Lipinski definition) is 5. The second-order valence-electron chi connectivity index (χ2n) is 5.73. The molecule has 1 saturated carbocycles. The monoisotopic (exact) mass is 394 g/mol. The average molecular weight is 395 g/mol. The van der Waals surface area contributed by atoms with E-state index < -0.39 is 24.0 Å². The maximum atomic E-state index is 12.0. The van der Waals surface area contributed by atoms with Crippen LogP contribution in [0.15, 0.2) is 22.7 Å². The second-order valence-corrected chi connectivity index (χ2v) is 6.58. The number of nitrogens with one attached hydrogen (secondary N) is 1. The molecule has 1 aliphatic carbocycles. The number of benzene rings is 1. The molecule has 1 fully saturated rings. The summed E-state index contributed by atoms with van der Waals surface area (Å²) in [5, 5.41) is 12.0. The number of hydrogen-bond donors (Lipinski definition) is 1. The molecule has 0 saturated heterocycles. The summed E-state index contributed by atoms with van der Waals surface area (Å²) in [5.74, 6) is -0.472. The Morgan fingerprint density at radius 2 is 2.04 bits per heavy atom. The summed E-state index contributed by atoms with van der Waals surface area (Å²) in [4.78, 5) is 24.0. The van der Waals surface area contributed by atoms with Crippen molar-refractivity contribution < 1.29 is 19.1 Å². The van der Waals surface area contributed by atoms with Crippen molar-refractivity contribution in [2.24, 2.45) is 0 Å². The number of halogens is 1. The summed E-state index contributed by atoms with van der Waals surface area (Å²) in [6, 6.07) is 6.95. The summed E-state index contributed by atoms with van der Waals surface area (Å²) >= 11 is 3.29. The molecule has 1 aromatic rings. The SMILES string of the molecule is COc1ccc(C(=O)OCC(=O)NC2(C#N)CCCCC2)cc1Br. The zero-order chi connectivity index (χ0) is 17.6. The van der Waals surface area contributed by atoms with Gasteiger partial charge in [-0.1, -0.05) is 19.3 Å². The Balaban J connectivity index is 1.90. The van der Waals surface area contributed by atoms with Gasteiger partial charge in [-0.25, -0.2) is 4.79 Å². The van der Waals surface area contributed by atoms with E-state index >= 15 is 0 Å². The van der Waals surface area contributed by atoms with Crippen LogP contribution in [0.3, 0.4) is 0 Å². The first-order chi connectivity index (χ1) is 11.5. The van der Waals surface area contributed by atoms with Crippen LogP contribution in [0.1, 0.15) is 42.5 Å². The number of nitrogens with zero attached hydrogens (tertiary/aromatic N) is 1. The summed E-state index contributed by atoms with van der Waals surface area (Å²) in [6.45, 7) is -0.411. The topological polar surface area (TPSA) is 88.4 Å². The van der Waals surface area contributed by atoms with Crippen LogP contribution in [0.5, 0.6) is 5.75 Å². The lowest BCUT2D eigenvalue weighted by Gasteiger charge is -2.31. The van der Waals surface area contributed by atoms with Gasteiger partial charge in [0.1, 0.15) is 11.3 Å². The Morgan fingerprint density at radius 3 is 2.62 bits per heavy atom. The third-order valence-corrected chi connectivity index (χ3v) is 4.64. The van der Waals surface area contributed by atoms with E-state index in [-0.39, 0.29) is 0 Å². The maximum Gasteiger partial charge on any atom is 0.338 e. The maximum absolute atomic E-state index is 12.0. The molecule has 1 aliphatic rings. The van der Waals surface area contributed by atoms with Crippen molar-refractivity contribution in [3.05, 3.63) is 28.2 Å². The van der Waals surface area contributed by atoms with Crippen molar-refractivity contribution in [2.75, 3.05) is 13.7 Å². The fourth-order valence-corrected chi connectivity index (χ4v) is 3.27. The molecule has 128 valence electrons. The Morgan fingerprint density at radius 1 is 1.33 bits per heavy atom. The summed E-state index contributed by atoms with van der Waals surface area (Å²) in [6.07, 6.45) is 4.16. The van der Waals surface area contributed by atoms with Crippen molar-refractivity contribution in [1.29, 1.82) is 5.26 Å². The third-order valence-electron chi connectivity index (χ3n) is 4.02. The van der Waals surface area contributed by atoms with Gasteiger partial charge in [-0.2, -0.15) is 5.26 Å². The molecular weight excluding hydrogens is 376 g/mol. The minimum atomic E-state index is -0.828. The highest BCUT2D eigenvalue weighted by Gasteiger charge is 2.33. The molecule has 24 heavy (non-hydrogen) atoms. The van der Waals surface area contributed by atoms with Crippen LogP contribution in [0, 0.1) is 11.3 Å². The molecule has 0 aliphatic heterocycles. The van der Waals surface area contributed by atoms with Gasteiger partial charge in [0.25, 0.3) is 5.91 Å². The molecule has 1 amide bonds. The van der Waals surface area contributed by atoms with Crippen molar-refractivity contribution in [2.45, 2.75) is 37.6 Å². The van der Waals surface area contributed by atoms with Gasteiger partial charge in [0, 0.05) is 0 Å². The molecule has 0 spiro atoms. The molecule has 0 bridgehead atoms. The van der Waals surface area contributed by atoms with E-state index in [1.807, 2.05) is 0 Å². The number of esters is 1. The van der Waals surface area contributed by atoms with Crippen molar-refractivity contribution in [3.8, 4) is 11.8 Å². The van der Waals surface area contributed by atoms with Crippen LogP contribution < -0.4 is 10.1 Å². The van der Waals surface area contributed by atoms with Gasteiger partial charge in [-0.3, -0.25) is 4.79 Å². The minimum absolute atomic E-state index is 0.308. The quantitative estimate of drug-likeness (QED) is 0.775. The smallest absolute Gasteiger partial charge is 0.338 e. The zero-order valence-electron chi connectivity index (χ0n) is 13.4. The summed E-state index contributed by atoms with van der Waals surface area (Å²) < 4.78 is 10.7. The number of carbonyl (C=O) groups is 2. The number of rotatable bonds is 5. The molecule has 0 atom stereocenters. The number of amides is 1. The lowest BCUT2D eigenvalue weighted by Crippen LogP contribution is -2.50. The van der Waals surface area contributed by atoms with E-state index in [2.05, 4.69) is 27.3 Å². The van der Waals surface area contributed by atoms with Crippen LogP contribution in [0.25, 0.3) is 0 Å². The van der Waals surface area contributed by atoms with Crippen LogP contribution in [0.2, 0.25) is 0 Å². The van der Waals surface area contributed by atoms with Crippen molar-refractivity contribution >= 4 is 27.8 Å². The Kier molecular flexibility index (Phi) is 6.21. The van der Waals surface area contributed by atoms with Crippen LogP contribution in [-0.2, 0) is 9.53 Å². The van der Waals surface area contributed by atoms with E-state index in [4.69, 9.17) is 9.47 Å². The highest BCUT2D eigenvalue weighted by Crippen LogP contribution is 2.28. The van der Waals surface area contributed by atoms with Gasteiger partial charge in [0.2, 0.25) is 0 Å². The molecule has 0 radical (unpaired) electrons. The van der Waals surface area contributed by atoms with E-state index in [1.165, 1.54) is 7.11 Å². The van der Waals surface area contributed by atoms with Gasteiger partial charge in [0.15, 0.2) is 6.61 Å². The van der Waals surface area contributed by atoms with Crippen molar-refractivity contribution in [3.63, 3.8) is 0 Å². The van der Waals surface area contributed by atoms with Gasteiger partial charge < -0.3 is 14.8 Å².